The number of aliphatic hydroxyl groups excluding tert-OH is 1. The third-order valence-corrected chi connectivity index (χ3v) is 3.02. The van der Waals surface area contributed by atoms with Crippen LogP contribution in [-0.4, -0.2) is 22.3 Å². The molecule has 0 unspecified atom stereocenters. The van der Waals surface area contributed by atoms with Crippen LogP contribution in [0.5, 0.6) is 0 Å². The van der Waals surface area contributed by atoms with Crippen LogP contribution >= 0.6 is 0 Å². The van der Waals surface area contributed by atoms with E-state index in [2.05, 4.69) is 11.8 Å². The van der Waals surface area contributed by atoms with Crippen LogP contribution in [0.3, 0.4) is 0 Å². The van der Waals surface area contributed by atoms with E-state index in [0.29, 0.717) is 5.56 Å². The summed E-state index contributed by atoms with van der Waals surface area (Å²) in [6.45, 7) is 0. The average Bonchev–Trinajstić information content (AvgIpc) is 2.48. The van der Waals surface area contributed by atoms with Crippen LogP contribution in [0, 0.1) is 23.5 Å². The van der Waals surface area contributed by atoms with E-state index in [-0.39, 0.29) is 5.56 Å². The van der Waals surface area contributed by atoms with Crippen LogP contribution in [-0.2, 0) is 4.79 Å². The molecule has 112 valence electrons. The number of hydrogen-bond donors (Lipinski definition) is 2. The van der Waals surface area contributed by atoms with Crippen molar-refractivity contribution in [2.75, 3.05) is 0 Å². The lowest BCUT2D eigenvalue weighted by Crippen LogP contribution is -2.24. The molecule has 0 radical (unpaired) electrons. The van der Waals surface area contributed by atoms with Crippen LogP contribution in [0.15, 0.2) is 48.5 Å². The molecule has 0 aliphatic heterocycles. The van der Waals surface area contributed by atoms with Crippen molar-refractivity contribution < 1.29 is 23.8 Å². The average molecular weight is 302 g/mol. The van der Waals surface area contributed by atoms with Gasteiger partial charge in [0, 0.05) is 5.56 Å². The molecule has 5 heteroatoms. The Labute approximate surface area is 125 Å². The number of carbonyl (C=O) groups is 1. The minimum absolute atomic E-state index is 0.245. The van der Waals surface area contributed by atoms with Gasteiger partial charge in [-0.2, -0.15) is 0 Å². The van der Waals surface area contributed by atoms with Gasteiger partial charge in [0.25, 0.3) is 0 Å². The highest BCUT2D eigenvalue weighted by molar-refractivity contribution is 5.77. The third-order valence-electron chi connectivity index (χ3n) is 3.02. The van der Waals surface area contributed by atoms with E-state index in [9.17, 15) is 23.8 Å². The number of aliphatic hydroxyl groups is 1. The molecule has 22 heavy (non-hydrogen) atoms. The number of aliphatic carboxylic acids is 1. The fourth-order valence-electron chi connectivity index (χ4n) is 1.90. The van der Waals surface area contributed by atoms with Crippen molar-refractivity contribution in [3.63, 3.8) is 0 Å². The van der Waals surface area contributed by atoms with Gasteiger partial charge in [0.2, 0.25) is 0 Å². The van der Waals surface area contributed by atoms with Gasteiger partial charge in [-0.3, -0.25) is 4.79 Å². The zero-order valence-corrected chi connectivity index (χ0v) is 11.3. The number of rotatable bonds is 3. The van der Waals surface area contributed by atoms with E-state index in [4.69, 9.17) is 0 Å². The van der Waals surface area contributed by atoms with Crippen molar-refractivity contribution in [2.24, 2.45) is 0 Å². The zero-order valence-electron chi connectivity index (χ0n) is 11.3. The quantitative estimate of drug-likeness (QED) is 0.857. The van der Waals surface area contributed by atoms with Gasteiger partial charge in [-0.15, -0.1) is 0 Å². The molecule has 0 bridgehead atoms. The van der Waals surface area contributed by atoms with Crippen molar-refractivity contribution in [3.8, 4) is 11.8 Å². The summed E-state index contributed by atoms with van der Waals surface area (Å²) in [5, 5.41) is 19.2. The predicted molar refractivity (Wildman–Crippen MR) is 76.1 cm³/mol. The molecule has 0 fully saturated rings. The first kappa shape index (κ1) is 15.7. The molecule has 2 aromatic rings. The summed E-state index contributed by atoms with van der Waals surface area (Å²) in [7, 11) is 0. The number of hydrogen-bond acceptors (Lipinski definition) is 2. The predicted octanol–water partition coefficient (Wildman–Crippen LogP) is 2.55. The van der Waals surface area contributed by atoms with Crippen molar-refractivity contribution >= 4 is 5.97 Å². The first-order chi connectivity index (χ1) is 10.5. The summed E-state index contributed by atoms with van der Waals surface area (Å²) in [5.41, 5.74) is 0.693. The van der Waals surface area contributed by atoms with Crippen molar-refractivity contribution in [3.05, 3.63) is 71.3 Å². The molecule has 0 aliphatic rings. The summed E-state index contributed by atoms with van der Waals surface area (Å²) < 4.78 is 25.7. The normalized spacial score (nSPS) is 12.9. The molecular weight excluding hydrogens is 290 g/mol. The Morgan fingerprint density at radius 1 is 0.955 bits per heavy atom. The van der Waals surface area contributed by atoms with Gasteiger partial charge in [0.05, 0.1) is 0 Å². The van der Waals surface area contributed by atoms with Crippen molar-refractivity contribution in [1.82, 2.24) is 0 Å². The molecule has 2 atom stereocenters. The van der Waals surface area contributed by atoms with Crippen LogP contribution < -0.4 is 0 Å². The monoisotopic (exact) mass is 302 g/mol. The molecule has 0 amide bonds. The maximum Gasteiger partial charge on any atom is 0.314 e. The number of benzene rings is 2. The summed E-state index contributed by atoms with van der Waals surface area (Å²) in [4.78, 5) is 11.3. The molecular formula is C17H12F2O3. The van der Waals surface area contributed by atoms with E-state index in [0.717, 1.165) is 12.1 Å². The third kappa shape index (κ3) is 3.90. The minimum Gasteiger partial charge on any atom is -0.481 e. The molecule has 0 aromatic heterocycles. The second kappa shape index (κ2) is 6.83. The standard InChI is InChI=1S/C17H12F2O3/c18-13-6-1-11(2-7-13)3-10-15(20)16(17(21)22)12-4-8-14(19)9-5-12/h1-2,4-9,15-16,20H,(H,21,22)/t15-,16-/m1/s1. The number of carboxylic acid groups (broad SMARTS) is 1. The van der Waals surface area contributed by atoms with Crippen molar-refractivity contribution in [2.45, 2.75) is 12.0 Å². The van der Waals surface area contributed by atoms with Gasteiger partial charge in [-0.1, -0.05) is 24.0 Å². The van der Waals surface area contributed by atoms with Crippen molar-refractivity contribution in [1.29, 1.82) is 0 Å². The Bertz CT molecular complexity index is 712. The highest BCUT2D eigenvalue weighted by atomic mass is 19.1. The number of halogens is 2. The Kier molecular flexibility index (Phi) is 4.87. The lowest BCUT2D eigenvalue weighted by atomic mass is 9.93. The molecule has 2 N–H and O–H groups in total. The smallest absolute Gasteiger partial charge is 0.314 e. The largest absolute Gasteiger partial charge is 0.481 e. The first-order valence-corrected chi connectivity index (χ1v) is 6.41. The van der Waals surface area contributed by atoms with E-state index >= 15 is 0 Å². The summed E-state index contributed by atoms with van der Waals surface area (Å²) in [5.74, 6) is 1.52. The van der Waals surface area contributed by atoms with Gasteiger partial charge >= 0.3 is 5.97 Å². The van der Waals surface area contributed by atoms with E-state index in [1.54, 1.807) is 0 Å². The van der Waals surface area contributed by atoms with Crippen LogP contribution in [0.25, 0.3) is 0 Å². The second-order valence-corrected chi connectivity index (χ2v) is 4.59. The summed E-state index contributed by atoms with van der Waals surface area (Å²) in [6.07, 6.45) is -1.48. The van der Waals surface area contributed by atoms with Crippen LogP contribution in [0.1, 0.15) is 17.0 Å². The Morgan fingerprint density at radius 2 is 1.45 bits per heavy atom. The zero-order chi connectivity index (χ0) is 16.1. The molecule has 2 aromatic carbocycles. The fourth-order valence-corrected chi connectivity index (χ4v) is 1.90. The second-order valence-electron chi connectivity index (χ2n) is 4.59. The topological polar surface area (TPSA) is 57.5 Å². The molecule has 0 saturated carbocycles. The van der Waals surface area contributed by atoms with E-state index < -0.39 is 29.6 Å². The Hall–Kier alpha value is -2.71. The molecule has 0 aliphatic carbocycles. The van der Waals surface area contributed by atoms with Gasteiger partial charge < -0.3 is 10.2 Å². The Morgan fingerprint density at radius 3 is 1.95 bits per heavy atom. The van der Waals surface area contributed by atoms with Gasteiger partial charge in [0.15, 0.2) is 0 Å². The van der Waals surface area contributed by atoms with E-state index in [1.807, 2.05) is 0 Å². The molecule has 0 spiro atoms. The molecule has 0 saturated heterocycles. The summed E-state index contributed by atoms with van der Waals surface area (Å²) in [6, 6.07) is 10.1. The van der Waals surface area contributed by atoms with Gasteiger partial charge in [0.1, 0.15) is 23.7 Å². The highest BCUT2D eigenvalue weighted by Crippen LogP contribution is 2.20. The van der Waals surface area contributed by atoms with Gasteiger partial charge in [-0.25, -0.2) is 8.78 Å². The maximum atomic E-state index is 12.9. The van der Waals surface area contributed by atoms with Crippen LogP contribution in [0.2, 0.25) is 0 Å². The first-order valence-electron chi connectivity index (χ1n) is 6.41. The Balaban J connectivity index is 2.24. The fraction of sp³-hybridized carbons (Fsp3) is 0.118. The summed E-state index contributed by atoms with van der Waals surface area (Å²) >= 11 is 0. The molecule has 2 rings (SSSR count). The van der Waals surface area contributed by atoms with Gasteiger partial charge in [-0.05, 0) is 42.0 Å². The maximum absolute atomic E-state index is 12.9. The lowest BCUT2D eigenvalue weighted by Gasteiger charge is -2.14. The number of carboxylic acids is 1. The molecule has 3 nitrogen and oxygen atoms in total. The SMILES string of the molecule is O=C(O)[C@H](c1ccc(F)cc1)[C@H](O)C#Cc1ccc(F)cc1. The lowest BCUT2D eigenvalue weighted by molar-refractivity contribution is -0.140. The van der Waals surface area contributed by atoms with Crippen LogP contribution in [0.4, 0.5) is 8.78 Å². The minimum atomic E-state index is -1.48. The van der Waals surface area contributed by atoms with E-state index in [1.165, 1.54) is 36.4 Å². The highest BCUT2D eigenvalue weighted by Gasteiger charge is 2.27. The molecule has 0 heterocycles.